The molecular formula is C4H12Al2O2. The maximum atomic E-state index is 8.98. The Labute approximate surface area is 63.7 Å². The molecular weight excluding hydrogens is 134 g/mol. The predicted octanol–water partition coefficient (Wildman–Crippen LogP) is -0.312. The van der Waals surface area contributed by atoms with E-state index in [-0.39, 0.29) is 0 Å². The molecule has 0 saturated carbocycles. The summed E-state index contributed by atoms with van der Waals surface area (Å²) in [7, 11) is 0. The molecule has 0 radical (unpaired) electrons. The van der Waals surface area contributed by atoms with E-state index in [0.717, 1.165) is 5.28 Å². The van der Waals surface area contributed by atoms with Crippen molar-refractivity contribution in [3.63, 3.8) is 0 Å². The first-order valence-corrected chi connectivity index (χ1v) is 5.49. The minimum Gasteiger partial charge on any atom is -0.619 e. The van der Waals surface area contributed by atoms with Gasteiger partial charge < -0.3 is 7.00 Å². The molecule has 0 fully saturated rings. The van der Waals surface area contributed by atoms with E-state index in [9.17, 15) is 0 Å². The summed E-state index contributed by atoms with van der Waals surface area (Å²) >= 11 is -0.987. The molecule has 0 unspecified atom stereocenters. The summed E-state index contributed by atoms with van der Waals surface area (Å²) in [4.78, 5) is 0. The Balaban J connectivity index is 3.10. The highest BCUT2D eigenvalue weighted by atomic mass is 27.3. The van der Waals surface area contributed by atoms with E-state index >= 15 is 0 Å². The minimum atomic E-state index is -1.68. The van der Waals surface area contributed by atoms with E-state index in [0.29, 0.717) is 22.5 Å². The summed E-state index contributed by atoms with van der Waals surface area (Å²) in [5, 5.41) is 0.892. The van der Waals surface area contributed by atoms with Gasteiger partial charge in [0.05, 0.1) is 0 Å². The molecule has 0 aromatic carbocycles. The van der Waals surface area contributed by atoms with E-state index in [1.165, 1.54) is 0 Å². The van der Waals surface area contributed by atoms with Crippen LogP contribution in [0.15, 0.2) is 0 Å². The van der Waals surface area contributed by atoms with E-state index in [1.54, 1.807) is 0 Å². The first-order valence-electron chi connectivity index (χ1n) is 2.87. The van der Waals surface area contributed by atoms with Gasteiger partial charge in [-0.05, 0) is 5.28 Å². The zero-order valence-electron chi connectivity index (χ0n) is 5.72. The van der Waals surface area contributed by atoms with Crippen LogP contribution in [0.5, 0.6) is 0 Å². The lowest BCUT2D eigenvalue weighted by Gasteiger charge is -2.04. The van der Waals surface area contributed by atoms with Gasteiger partial charge in [-0.15, -0.1) is 0 Å². The van der Waals surface area contributed by atoms with Crippen molar-refractivity contribution < 1.29 is 7.00 Å². The average molecular weight is 146 g/mol. The van der Waals surface area contributed by atoms with Gasteiger partial charge in [0, 0.05) is 0 Å². The first-order chi connectivity index (χ1) is 3.66. The third-order valence-electron chi connectivity index (χ3n) is 0.945. The molecule has 46 valence electrons. The van der Waals surface area contributed by atoms with Crippen LogP contribution in [0, 0.1) is 5.92 Å². The zero-order valence-corrected chi connectivity index (χ0v) is 8.87. The van der Waals surface area contributed by atoms with Crippen molar-refractivity contribution in [3.8, 4) is 0 Å². The second kappa shape index (κ2) is 4.83. The predicted molar refractivity (Wildman–Crippen MR) is 37.2 cm³/mol. The zero-order chi connectivity index (χ0) is 6.57. The molecule has 0 bridgehead atoms. The van der Waals surface area contributed by atoms with Crippen molar-refractivity contribution in [2.24, 2.45) is 5.92 Å². The van der Waals surface area contributed by atoms with Crippen LogP contribution >= 0.6 is 0 Å². The van der Waals surface area contributed by atoms with Gasteiger partial charge in [-0.2, -0.15) is 0 Å². The van der Waals surface area contributed by atoms with E-state index in [2.05, 4.69) is 13.8 Å². The fraction of sp³-hybridized carbons (Fsp3) is 1.00. The van der Waals surface area contributed by atoms with Gasteiger partial charge in [0.15, 0.2) is 0 Å². The van der Waals surface area contributed by atoms with Crippen molar-refractivity contribution >= 4 is 31.4 Å². The quantitative estimate of drug-likeness (QED) is 0.553. The molecule has 8 heavy (non-hydrogen) atoms. The molecule has 0 aromatic rings. The molecule has 2 nitrogen and oxygen atoms in total. The summed E-state index contributed by atoms with van der Waals surface area (Å²) in [5.41, 5.74) is 0. The fourth-order valence-electron chi connectivity index (χ4n) is 0.499. The summed E-state index contributed by atoms with van der Waals surface area (Å²) in [6, 6.07) is 0. The number of rotatable bonds is 3. The largest absolute Gasteiger partial charge is 0.640 e. The number of hydrogen-bond donors (Lipinski definition) is 1. The highest BCUT2D eigenvalue weighted by molar-refractivity contribution is 6.47. The minimum absolute atomic E-state index is 0.589. The van der Waals surface area contributed by atoms with E-state index < -0.39 is 14.8 Å². The first kappa shape index (κ1) is 8.98. The molecule has 0 aliphatic rings. The van der Waals surface area contributed by atoms with Crippen LogP contribution in [0.25, 0.3) is 0 Å². The van der Waals surface area contributed by atoms with Crippen molar-refractivity contribution in [1.82, 2.24) is 0 Å². The van der Waals surface area contributed by atoms with Gasteiger partial charge in [-0.1, -0.05) is 19.8 Å². The van der Waals surface area contributed by atoms with Gasteiger partial charge >= 0.3 is 31.4 Å². The van der Waals surface area contributed by atoms with Gasteiger partial charge in [-0.25, -0.2) is 0 Å². The third kappa shape index (κ3) is 5.13. The van der Waals surface area contributed by atoms with Crippen LogP contribution in [0.3, 0.4) is 0 Å². The standard InChI is InChI=1S/C4H9.2Al.H2O.O.2H/c1-4(2)3;;;;;;/h4H,1H2,2-3H3;;;1H2;;;/q;;+1;;;;/p-1. The molecule has 0 saturated heterocycles. The van der Waals surface area contributed by atoms with Crippen molar-refractivity contribution in [2.45, 2.75) is 19.1 Å². The summed E-state index contributed by atoms with van der Waals surface area (Å²) in [6.07, 6.45) is 0. The van der Waals surface area contributed by atoms with Crippen molar-refractivity contribution in [1.29, 1.82) is 0 Å². The number of hydrogen-bond acceptors (Lipinski definition) is 2. The SMILES string of the molecule is CC(C)[CH2][Al]([OH])[O][AlH2]. The Morgan fingerprint density at radius 1 is 1.75 bits per heavy atom. The lowest BCUT2D eigenvalue weighted by molar-refractivity contribution is 0.422. The molecule has 4 heteroatoms. The van der Waals surface area contributed by atoms with Gasteiger partial charge in [0.25, 0.3) is 0 Å². The van der Waals surface area contributed by atoms with Crippen molar-refractivity contribution in [3.05, 3.63) is 0 Å². The van der Waals surface area contributed by atoms with E-state index in [4.69, 9.17) is 7.00 Å². The Bertz CT molecular complexity index is 58.0. The van der Waals surface area contributed by atoms with Crippen LogP contribution in [0.4, 0.5) is 0 Å². The third-order valence-corrected chi connectivity index (χ3v) is 4.47. The van der Waals surface area contributed by atoms with Crippen LogP contribution in [-0.2, 0) is 2.84 Å². The molecule has 0 amide bonds. The second-order valence-electron chi connectivity index (χ2n) is 2.32. The molecule has 0 spiro atoms. The second-order valence-corrected chi connectivity index (χ2v) is 5.59. The fourth-order valence-corrected chi connectivity index (χ4v) is 2.08. The monoisotopic (exact) mass is 146 g/mol. The van der Waals surface area contributed by atoms with Gasteiger partial charge in [0.2, 0.25) is 0 Å². The smallest absolute Gasteiger partial charge is 0.619 e. The average Bonchev–Trinajstić information content (AvgIpc) is 1.65. The van der Waals surface area contributed by atoms with Crippen LogP contribution in [0.1, 0.15) is 13.8 Å². The maximum Gasteiger partial charge on any atom is 0.640 e. The lowest BCUT2D eigenvalue weighted by atomic mass is 10.3. The van der Waals surface area contributed by atoms with Crippen LogP contribution in [0.2, 0.25) is 5.28 Å². The van der Waals surface area contributed by atoms with Gasteiger partial charge in [-0.3, -0.25) is 0 Å². The molecule has 0 atom stereocenters. The molecule has 1 N–H and O–H groups in total. The van der Waals surface area contributed by atoms with Crippen LogP contribution < -0.4 is 0 Å². The summed E-state index contributed by atoms with van der Waals surface area (Å²) < 4.78 is 13.9. The Hall–Kier alpha value is 0.985. The normalized spacial score (nSPS) is 10.0. The molecule has 0 aromatic heterocycles. The highest BCUT2D eigenvalue weighted by Gasteiger charge is 2.16. The highest BCUT2D eigenvalue weighted by Crippen LogP contribution is 2.02. The maximum absolute atomic E-state index is 8.98. The van der Waals surface area contributed by atoms with Crippen molar-refractivity contribution in [2.75, 3.05) is 0 Å². The van der Waals surface area contributed by atoms with E-state index in [1.807, 2.05) is 0 Å². The molecule has 0 heterocycles. The molecule has 0 aliphatic heterocycles. The Kier molecular flexibility index (Phi) is 5.42. The lowest BCUT2D eigenvalue weighted by Crippen LogP contribution is -2.17. The van der Waals surface area contributed by atoms with Gasteiger partial charge in [0.1, 0.15) is 0 Å². The Morgan fingerprint density at radius 2 is 2.25 bits per heavy atom. The Morgan fingerprint density at radius 3 is 2.38 bits per heavy atom. The molecule has 0 aliphatic carbocycles. The molecule has 0 rings (SSSR count). The summed E-state index contributed by atoms with van der Waals surface area (Å²) in [5.74, 6) is 0.589. The summed E-state index contributed by atoms with van der Waals surface area (Å²) in [6.45, 7) is 4.19. The van der Waals surface area contributed by atoms with Crippen LogP contribution in [-0.4, -0.2) is 35.6 Å². The topological polar surface area (TPSA) is 29.5 Å².